The molecule has 1 aromatic heterocycles. The number of benzene rings is 3. The minimum absolute atomic E-state index is 0.0623. The molecule has 6 nitrogen and oxygen atoms in total. The monoisotopic (exact) mass is 469 g/mol. The SMILES string of the molecule is N#CCc1ccc(NS(=O)(=O)c2ccc3c(c2)sc(=O)n3Cc2ccccc2Cl)cc1. The molecular weight excluding hydrogens is 454 g/mol. The van der Waals surface area contributed by atoms with E-state index < -0.39 is 10.0 Å². The van der Waals surface area contributed by atoms with Gasteiger partial charge in [0, 0.05) is 10.7 Å². The number of halogens is 1. The minimum Gasteiger partial charge on any atom is -0.294 e. The minimum atomic E-state index is -3.84. The molecule has 0 atom stereocenters. The molecule has 1 heterocycles. The topological polar surface area (TPSA) is 92.0 Å². The van der Waals surface area contributed by atoms with Gasteiger partial charge in [0.2, 0.25) is 0 Å². The van der Waals surface area contributed by atoms with Crippen LogP contribution in [0.5, 0.6) is 0 Å². The second kappa shape index (κ2) is 8.55. The Morgan fingerprint density at radius 2 is 1.81 bits per heavy atom. The summed E-state index contributed by atoms with van der Waals surface area (Å²) in [5.74, 6) is 0. The maximum Gasteiger partial charge on any atom is 0.308 e. The van der Waals surface area contributed by atoms with Crippen molar-refractivity contribution in [3.8, 4) is 6.07 Å². The smallest absolute Gasteiger partial charge is 0.294 e. The van der Waals surface area contributed by atoms with Crippen LogP contribution in [0, 0.1) is 11.3 Å². The third kappa shape index (κ3) is 4.49. The molecule has 9 heteroatoms. The lowest BCUT2D eigenvalue weighted by molar-refractivity contribution is 0.601. The van der Waals surface area contributed by atoms with E-state index in [-0.39, 0.29) is 16.2 Å². The van der Waals surface area contributed by atoms with Gasteiger partial charge < -0.3 is 0 Å². The van der Waals surface area contributed by atoms with Crippen LogP contribution < -0.4 is 9.60 Å². The van der Waals surface area contributed by atoms with Gasteiger partial charge in [-0.05, 0) is 47.5 Å². The van der Waals surface area contributed by atoms with E-state index in [4.69, 9.17) is 16.9 Å². The second-order valence-electron chi connectivity index (χ2n) is 6.81. The Morgan fingerprint density at radius 3 is 2.52 bits per heavy atom. The zero-order valence-corrected chi connectivity index (χ0v) is 18.5. The Hall–Kier alpha value is -3.12. The molecule has 31 heavy (non-hydrogen) atoms. The van der Waals surface area contributed by atoms with Gasteiger partial charge in [-0.15, -0.1) is 0 Å². The van der Waals surface area contributed by atoms with Crippen molar-refractivity contribution in [1.29, 1.82) is 5.26 Å². The van der Waals surface area contributed by atoms with Crippen LogP contribution >= 0.6 is 22.9 Å². The normalized spacial score (nSPS) is 11.4. The van der Waals surface area contributed by atoms with Crippen molar-refractivity contribution in [3.63, 3.8) is 0 Å². The predicted molar refractivity (Wildman–Crippen MR) is 123 cm³/mol. The molecule has 0 radical (unpaired) electrons. The summed E-state index contributed by atoms with van der Waals surface area (Å²) in [6.07, 6.45) is 0.258. The third-order valence-corrected chi connectivity index (χ3v) is 7.42. The van der Waals surface area contributed by atoms with Crippen molar-refractivity contribution in [2.24, 2.45) is 0 Å². The van der Waals surface area contributed by atoms with Gasteiger partial charge in [0.15, 0.2) is 0 Å². The number of nitriles is 1. The van der Waals surface area contributed by atoms with Crippen LogP contribution in [-0.2, 0) is 23.0 Å². The van der Waals surface area contributed by atoms with Crippen LogP contribution in [0.2, 0.25) is 5.02 Å². The van der Waals surface area contributed by atoms with Crippen molar-refractivity contribution in [2.45, 2.75) is 17.9 Å². The maximum atomic E-state index is 12.8. The highest BCUT2D eigenvalue weighted by Crippen LogP contribution is 2.25. The summed E-state index contributed by atoms with van der Waals surface area (Å²) in [5.41, 5.74) is 2.65. The Kier molecular flexibility index (Phi) is 5.83. The molecule has 3 aromatic carbocycles. The van der Waals surface area contributed by atoms with Crippen molar-refractivity contribution in [2.75, 3.05) is 4.72 Å². The van der Waals surface area contributed by atoms with Gasteiger partial charge >= 0.3 is 4.87 Å². The number of thiazole rings is 1. The zero-order chi connectivity index (χ0) is 22.0. The second-order valence-corrected chi connectivity index (χ2v) is 9.90. The molecule has 0 fully saturated rings. The molecule has 0 aliphatic rings. The number of rotatable bonds is 6. The molecule has 0 aliphatic heterocycles. The molecule has 0 amide bonds. The summed E-state index contributed by atoms with van der Waals surface area (Å²) >= 11 is 7.21. The van der Waals surface area contributed by atoms with Crippen LogP contribution in [0.3, 0.4) is 0 Å². The Bertz CT molecular complexity index is 1470. The van der Waals surface area contributed by atoms with Crippen LogP contribution in [0.4, 0.5) is 5.69 Å². The van der Waals surface area contributed by atoms with Gasteiger partial charge in [-0.1, -0.05) is 53.3 Å². The lowest BCUT2D eigenvalue weighted by Gasteiger charge is -2.09. The quantitative estimate of drug-likeness (QED) is 0.445. The molecule has 4 aromatic rings. The van der Waals surface area contributed by atoms with E-state index >= 15 is 0 Å². The number of anilines is 1. The highest BCUT2D eigenvalue weighted by atomic mass is 35.5. The number of hydrogen-bond donors (Lipinski definition) is 1. The van der Waals surface area contributed by atoms with Gasteiger partial charge in [0.1, 0.15) is 0 Å². The van der Waals surface area contributed by atoms with E-state index in [1.165, 1.54) is 12.1 Å². The fourth-order valence-electron chi connectivity index (χ4n) is 3.16. The number of sulfonamides is 1. The summed E-state index contributed by atoms with van der Waals surface area (Å²) in [4.78, 5) is 12.4. The van der Waals surface area contributed by atoms with Crippen molar-refractivity contribution < 1.29 is 8.42 Å². The first-order valence-electron chi connectivity index (χ1n) is 9.23. The van der Waals surface area contributed by atoms with Crippen LogP contribution in [0.25, 0.3) is 10.2 Å². The van der Waals surface area contributed by atoms with Crippen LogP contribution in [0.15, 0.2) is 76.4 Å². The van der Waals surface area contributed by atoms with E-state index in [1.807, 2.05) is 24.3 Å². The summed E-state index contributed by atoms with van der Waals surface area (Å²) in [5, 5.41) is 9.30. The standard InChI is InChI=1S/C22H16ClN3O3S2/c23-19-4-2-1-3-16(19)14-26-20-10-9-18(13-21(20)30-22(26)27)31(28,29)25-17-7-5-15(6-8-17)11-12-24/h1-10,13,25H,11,14H2. The van der Waals surface area contributed by atoms with E-state index in [1.54, 1.807) is 41.0 Å². The Morgan fingerprint density at radius 1 is 1.06 bits per heavy atom. The van der Waals surface area contributed by atoms with E-state index in [2.05, 4.69) is 4.72 Å². The molecule has 0 unspecified atom stereocenters. The first kappa shape index (κ1) is 21.1. The summed E-state index contributed by atoms with van der Waals surface area (Å²) < 4.78 is 30.3. The molecule has 0 spiro atoms. The molecule has 4 rings (SSSR count). The maximum absolute atomic E-state index is 12.8. The average molecular weight is 470 g/mol. The largest absolute Gasteiger partial charge is 0.308 e. The fourth-order valence-corrected chi connectivity index (χ4v) is 5.44. The van der Waals surface area contributed by atoms with Gasteiger partial charge in [-0.25, -0.2) is 8.42 Å². The van der Waals surface area contributed by atoms with Crippen molar-refractivity contribution in [1.82, 2.24) is 4.57 Å². The first-order chi connectivity index (χ1) is 14.9. The van der Waals surface area contributed by atoms with E-state index in [0.29, 0.717) is 27.5 Å². The van der Waals surface area contributed by atoms with Crippen LogP contribution in [0.1, 0.15) is 11.1 Å². The van der Waals surface area contributed by atoms with Gasteiger partial charge in [-0.2, -0.15) is 5.26 Å². The molecule has 1 N–H and O–H groups in total. The number of nitrogens with one attached hydrogen (secondary N) is 1. The predicted octanol–water partition coefficient (Wildman–Crippen LogP) is 4.63. The number of hydrogen-bond acceptors (Lipinski definition) is 5. The molecule has 156 valence electrons. The van der Waals surface area contributed by atoms with Crippen LogP contribution in [-0.4, -0.2) is 13.0 Å². The van der Waals surface area contributed by atoms with Gasteiger partial charge in [0.25, 0.3) is 10.0 Å². The Balaban J connectivity index is 1.64. The highest BCUT2D eigenvalue weighted by molar-refractivity contribution is 7.92. The fraction of sp³-hybridized carbons (Fsp3) is 0.0909. The average Bonchev–Trinajstić information content (AvgIpc) is 3.05. The summed E-state index contributed by atoms with van der Waals surface area (Å²) in [6, 6.07) is 20.6. The number of nitrogens with zero attached hydrogens (tertiary/aromatic N) is 2. The van der Waals surface area contributed by atoms with Gasteiger partial charge in [0.05, 0.1) is 34.1 Å². The summed E-state index contributed by atoms with van der Waals surface area (Å²) in [7, 11) is -3.84. The lowest BCUT2D eigenvalue weighted by atomic mass is 10.1. The highest BCUT2D eigenvalue weighted by Gasteiger charge is 2.17. The lowest BCUT2D eigenvalue weighted by Crippen LogP contribution is -2.14. The van der Waals surface area contributed by atoms with Crippen molar-refractivity contribution in [3.05, 3.63) is 92.5 Å². The molecule has 0 saturated heterocycles. The number of fused-ring (bicyclic) bond motifs is 1. The molecule has 0 bridgehead atoms. The molecule has 0 aliphatic carbocycles. The first-order valence-corrected chi connectivity index (χ1v) is 11.9. The summed E-state index contributed by atoms with van der Waals surface area (Å²) in [6.45, 7) is 0.303. The zero-order valence-electron chi connectivity index (χ0n) is 16.1. The molecular formula is C22H16ClN3O3S2. The Labute approximate surface area is 188 Å². The van der Waals surface area contributed by atoms with E-state index in [9.17, 15) is 13.2 Å². The number of aromatic nitrogens is 1. The van der Waals surface area contributed by atoms with Gasteiger partial charge in [-0.3, -0.25) is 14.1 Å². The molecule has 0 saturated carbocycles. The van der Waals surface area contributed by atoms with E-state index in [0.717, 1.165) is 22.5 Å². The van der Waals surface area contributed by atoms with Crippen molar-refractivity contribution >= 4 is 48.9 Å². The third-order valence-electron chi connectivity index (χ3n) is 4.73.